The van der Waals surface area contributed by atoms with Crippen molar-refractivity contribution >= 4 is 17.4 Å². The maximum Gasteiger partial charge on any atom is 0.416 e. The zero-order valence-corrected chi connectivity index (χ0v) is 20.8. The first-order chi connectivity index (χ1) is 17.1. The lowest BCUT2D eigenvalue weighted by molar-refractivity contribution is -0.138. The summed E-state index contributed by atoms with van der Waals surface area (Å²) < 4.78 is 52.8. The maximum atomic E-state index is 13.2. The molecule has 2 fully saturated rings. The molecule has 0 unspecified atom stereocenters. The second kappa shape index (κ2) is 11.0. The van der Waals surface area contributed by atoms with E-state index in [9.17, 15) is 22.4 Å². The van der Waals surface area contributed by atoms with Crippen LogP contribution in [0.25, 0.3) is 0 Å². The van der Waals surface area contributed by atoms with Gasteiger partial charge >= 0.3 is 12.2 Å². The summed E-state index contributed by atoms with van der Waals surface area (Å²) in [5, 5.41) is 3.28. The SMILES string of the molecule is Cc1ccc(NC2CCC(CN(C)C(=O)N3CCN(c4ccc(F)cc4)CC3)CC2)cc1C(F)(F)F. The number of urea groups is 1. The second-order valence-electron chi connectivity index (χ2n) is 10.0. The van der Waals surface area contributed by atoms with E-state index in [1.54, 1.807) is 23.1 Å². The molecule has 1 saturated carbocycles. The highest BCUT2D eigenvalue weighted by Crippen LogP contribution is 2.34. The Morgan fingerprint density at radius 1 is 1.00 bits per heavy atom. The van der Waals surface area contributed by atoms with E-state index in [0.29, 0.717) is 44.3 Å². The van der Waals surface area contributed by atoms with E-state index in [0.717, 1.165) is 31.4 Å². The van der Waals surface area contributed by atoms with Gasteiger partial charge in [-0.3, -0.25) is 0 Å². The number of alkyl halides is 3. The average Bonchev–Trinajstić information content (AvgIpc) is 2.86. The van der Waals surface area contributed by atoms with E-state index in [-0.39, 0.29) is 23.5 Å². The minimum atomic E-state index is -4.36. The molecular weight excluding hydrogens is 472 g/mol. The van der Waals surface area contributed by atoms with Crippen LogP contribution in [0.1, 0.15) is 36.8 Å². The van der Waals surface area contributed by atoms with E-state index in [2.05, 4.69) is 10.2 Å². The molecule has 1 heterocycles. The number of amides is 2. The number of nitrogens with one attached hydrogen (secondary N) is 1. The number of hydrogen-bond acceptors (Lipinski definition) is 3. The predicted octanol–water partition coefficient (Wildman–Crippen LogP) is 6.00. The van der Waals surface area contributed by atoms with Crippen molar-refractivity contribution in [2.45, 2.75) is 44.8 Å². The van der Waals surface area contributed by atoms with E-state index in [4.69, 9.17) is 0 Å². The quantitative estimate of drug-likeness (QED) is 0.506. The topological polar surface area (TPSA) is 38.8 Å². The van der Waals surface area contributed by atoms with Crippen molar-refractivity contribution in [2.24, 2.45) is 5.92 Å². The van der Waals surface area contributed by atoms with Crippen LogP contribution in [0, 0.1) is 18.7 Å². The fourth-order valence-electron chi connectivity index (χ4n) is 5.26. The summed E-state index contributed by atoms with van der Waals surface area (Å²) in [6.45, 7) is 4.79. The second-order valence-corrected chi connectivity index (χ2v) is 10.0. The number of nitrogens with zero attached hydrogens (tertiary/aromatic N) is 3. The van der Waals surface area contributed by atoms with E-state index in [1.165, 1.54) is 31.2 Å². The molecule has 0 aromatic heterocycles. The summed E-state index contributed by atoms with van der Waals surface area (Å²) in [7, 11) is 1.84. The molecule has 5 nitrogen and oxygen atoms in total. The van der Waals surface area contributed by atoms with Crippen LogP contribution < -0.4 is 10.2 Å². The van der Waals surface area contributed by atoms with Crippen molar-refractivity contribution in [1.82, 2.24) is 9.80 Å². The molecule has 1 saturated heterocycles. The van der Waals surface area contributed by atoms with Gasteiger partial charge in [-0.2, -0.15) is 13.2 Å². The van der Waals surface area contributed by atoms with Gasteiger partial charge in [-0.1, -0.05) is 6.07 Å². The third-order valence-corrected chi connectivity index (χ3v) is 7.36. The zero-order valence-electron chi connectivity index (χ0n) is 20.8. The fraction of sp³-hybridized carbons (Fsp3) is 0.519. The molecule has 2 aromatic carbocycles. The Hall–Kier alpha value is -2.97. The van der Waals surface area contributed by atoms with Gasteiger partial charge in [-0.05, 0) is 80.5 Å². The van der Waals surface area contributed by atoms with Crippen molar-refractivity contribution in [2.75, 3.05) is 50.0 Å². The van der Waals surface area contributed by atoms with Gasteiger partial charge in [0, 0.05) is 57.2 Å². The summed E-state index contributed by atoms with van der Waals surface area (Å²) in [6.07, 6.45) is -0.794. The van der Waals surface area contributed by atoms with Gasteiger partial charge in [0.25, 0.3) is 0 Å². The molecule has 4 rings (SSSR count). The van der Waals surface area contributed by atoms with Gasteiger partial charge < -0.3 is 20.0 Å². The van der Waals surface area contributed by atoms with Gasteiger partial charge in [-0.15, -0.1) is 0 Å². The lowest BCUT2D eigenvalue weighted by Crippen LogP contribution is -2.52. The van der Waals surface area contributed by atoms with Crippen molar-refractivity contribution in [3.8, 4) is 0 Å². The van der Waals surface area contributed by atoms with Crippen LogP contribution in [0.4, 0.5) is 33.7 Å². The van der Waals surface area contributed by atoms with Crippen LogP contribution >= 0.6 is 0 Å². The number of anilines is 2. The number of aryl methyl sites for hydroxylation is 1. The molecular formula is C27H34F4N4O. The zero-order chi connectivity index (χ0) is 25.9. The van der Waals surface area contributed by atoms with Crippen LogP contribution in [-0.2, 0) is 6.18 Å². The normalized spacial score (nSPS) is 20.8. The number of carbonyl (C=O) groups excluding carboxylic acids is 1. The van der Waals surface area contributed by atoms with Crippen molar-refractivity contribution in [3.05, 3.63) is 59.4 Å². The number of rotatable bonds is 5. The minimum absolute atomic E-state index is 0.0216. The lowest BCUT2D eigenvalue weighted by Gasteiger charge is -2.39. The van der Waals surface area contributed by atoms with Crippen LogP contribution in [0.2, 0.25) is 0 Å². The van der Waals surface area contributed by atoms with Crippen molar-refractivity contribution < 1.29 is 22.4 Å². The maximum absolute atomic E-state index is 13.2. The molecule has 1 N–H and O–H groups in total. The van der Waals surface area contributed by atoms with Gasteiger partial charge in [0.2, 0.25) is 0 Å². The van der Waals surface area contributed by atoms with Crippen LogP contribution in [0.3, 0.4) is 0 Å². The summed E-state index contributed by atoms with van der Waals surface area (Å²) in [6, 6.07) is 11.0. The van der Waals surface area contributed by atoms with Crippen LogP contribution in [-0.4, -0.2) is 61.6 Å². The summed E-state index contributed by atoms with van der Waals surface area (Å²) in [4.78, 5) is 18.8. The Labute approximate surface area is 210 Å². The molecule has 36 heavy (non-hydrogen) atoms. The first-order valence-corrected chi connectivity index (χ1v) is 12.5. The minimum Gasteiger partial charge on any atom is -0.382 e. The Bertz CT molecular complexity index is 1030. The van der Waals surface area contributed by atoms with E-state index < -0.39 is 11.7 Å². The van der Waals surface area contributed by atoms with Gasteiger partial charge in [0.15, 0.2) is 0 Å². The molecule has 2 aliphatic rings. The average molecular weight is 507 g/mol. The summed E-state index contributed by atoms with van der Waals surface area (Å²) in [5.41, 5.74) is 1.09. The monoisotopic (exact) mass is 506 g/mol. The highest BCUT2D eigenvalue weighted by molar-refractivity contribution is 5.74. The van der Waals surface area contributed by atoms with Gasteiger partial charge in [0.05, 0.1) is 5.56 Å². The highest BCUT2D eigenvalue weighted by atomic mass is 19.4. The summed E-state index contributed by atoms with van der Waals surface area (Å²) in [5.74, 6) is 0.117. The smallest absolute Gasteiger partial charge is 0.382 e. The standard InChI is InChI=1S/C27H34F4N4O/c1-19-3-8-23(17-25(19)27(29,30)31)32-22-9-4-20(5-10-22)18-33(2)26(36)35-15-13-34(14-16-35)24-11-6-21(28)7-12-24/h3,6-8,11-12,17,20,22,32H,4-5,9-10,13-16,18H2,1-2H3. The number of benzene rings is 2. The fourth-order valence-corrected chi connectivity index (χ4v) is 5.26. The molecule has 0 atom stereocenters. The lowest BCUT2D eigenvalue weighted by atomic mass is 9.85. The van der Waals surface area contributed by atoms with E-state index in [1.807, 2.05) is 11.9 Å². The Kier molecular flexibility index (Phi) is 7.95. The van der Waals surface area contributed by atoms with Crippen LogP contribution in [0.5, 0.6) is 0 Å². The molecule has 0 spiro atoms. The van der Waals surface area contributed by atoms with Crippen molar-refractivity contribution in [3.63, 3.8) is 0 Å². The Balaban J connectivity index is 1.21. The predicted molar refractivity (Wildman–Crippen MR) is 134 cm³/mol. The number of carbonyl (C=O) groups is 1. The largest absolute Gasteiger partial charge is 0.416 e. The molecule has 2 aromatic rings. The van der Waals surface area contributed by atoms with Crippen LogP contribution in [0.15, 0.2) is 42.5 Å². The summed E-state index contributed by atoms with van der Waals surface area (Å²) >= 11 is 0. The molecule has 0 bridgehead atoms. The number of piperazine rings is 1. The first kappa shape index (κ1) is 26.1. The highest BCUT2D eigenvalue weighted by Gasteiger charge is 2.33. The first-order valence-electron chi connectivity index (χ1n) is 12.5. The number of halogens is 4. The molecule has 2 amide bonds. The van der Waals surface area contributed by atoms with Crippen molar-refractivity contribution in [1.29, 1.82) is 0 Å². The third-order valence-electron chi connectivity index (χ3n) is 7.36. The Morgan fingerprint density at radius 3 is 2.25 bits per heavy atom. The molecule has 196 valence electrons. The Morgan fingerprint density at radius 2 is 1.64 bits per heavy atom. The van der Waals surface area contributed by atoms with Gasteiger partial charge in [-0.25, -0.2) is 9.18 Å². The molecule has 9 heteroatoms. The third kappa shape index (κ3) is 6.42. The van der Waals surface area contributed by atoms with E-state index >= 15 is 0 Å². The molecule has 1 aliphatic carbocycles. The molecule has 0 radical (unpaired) electrons. The number of hydrogen-bond donors (Lipinski definition) is 1. The molecule has 1 aliphatic heterocycles. The van der Waals surface area contributed by atoms with Gasteiger partial charge in [0.1, 0.15) is 5.82 Å².